The van der Waals surface area contributed by atoms with Crippen LogP contribution in [-0.2, 0) is 6.42 Å². The summed E-state index contributed by atoms with van der Waals surface area (Å²) in [6, 6.07) is 10.9. The van der Waals surface area contributed by atoms with E-state index in [-0.39, 0.29) is 0 Å². The fraction of sp³-hybridized carbons (Fsp3) is 0.700. The lowest BCUT2D eigenvalue weighted by Gasteiger charge is -2.14. The Balaban J connectivity index is 2.00. The van der Waals surface area contributed by atoms with Crippen molar-refractivity contribution in [3.63, 3.8) is 0 Å². The van der Waals surface area contributed by atoms with Gasteiger partial charge in [0.25, 0.3) is 0 Å². The molecule has 0 aliphatic rings. The minimum Gasteiger partial charge on any atom is -0.179 e. The molecule has 0 fully saturated rings. The average Bonchev–Trinajstić information content (AvgIpc) is 2.53. The first-order valence-corrected chi connectivity index (χ1v) is 9.64. The Morgan fingerprint density at radius 3 is 1.95 bits per heavy atom. The van der Waals surface area contributed by atoms with Crippen molar-refractivity contribution in [3.05, 3.63) is 35.9 Å². The molecule has 1 atom stereocenters. The van der Waals surface area contributed by atoms with Crippen molar-refractivity contribution in [2.24, 2.45) is 5.92 Å². The minimum atomic E-state index is 0.750. The molecule has 1 rings (SSSR count). The number of hydrogen-bond acceptors (Lipinski definition) is 1. The normalized spacial score (nSPS) is 12.5. The van der Waals surface area contributed by atoms with Crippen LogP contribution < -0.4 is 0 Å². The minimum absolute atomic E-state index is 0.750. The molecular weight excluding hydrogens is 272 g/mol. The maximum absolute atomic E-state index is 4.54. The number of thiol groups is 1. The molecule has 0 N–H and O–H groups in total. The Bertz CT molecular complexity index is 320. The SMILES string of the molecule is CCCCCCCCCCCC(CS)Cc1ccccc1. The third kappa shape index (κ3) is 10.0. The monoisotopic (exact) mass is 306 g/mol. The van der Waals surface area contributed by atoms with E-state index in [2.05, 4.69) is 49.9 Å². The third-order valence-corrected chi connectivity index (χ3v) is 4.86. The summed E-state index contributed by atoms with van der Waals surface area (Å²) in [7, 11) is 0. The number of rotatable bonds is 13. The van der Waals surface area contributed by atoms with Crippen molar-refractivity contribution < 1.29 is 0 Å². The molecule has 1 aromatic rings. The summed E-state index contributed by atoms with van der Waals surface area (Å²) in [6.07, 6.45) is 15.3. The molecule has 1 aromatic carbocycles. The first kappa shape index (κ1) is 18.6. The van der Waals surface area contributed by atoms with Gasteiger partial charge < -0.3 is 0 Å². The van der Waals surface area contributed by atoms with Crippen LogP contribution in [0.4, 0.5) is 0 Å². The van der Waals surface area contributed by atoms with Crippen molar-refractivity contribution in [2.75, 3.05) is 5.75 Å². The Kier molecular flexibility index (Phi) is 11.7. The van der Waals surface area contributed by atoms with Gasteiger partial charge in [-0.3, -0.25) is 0 Å². The molecule has 0 nitrogen and oxygen atoms in total. The van der Waals surface area contributed by atoms with E-state index >= 15 is 0 Å². The zero-order chi connectivity index (χ0) is 15.2. The molecule has 0 aliphatic carbocycles. The average molecular weight is 307 g/mol. The molecule has 21 heavy (non-hydrogen) atoms. The highest BCUT2D eigenvalue weighted by Gasteiger charge is 2.07. The van der Waals surface area contributed by atoms with Gasteiger partial charge in [-0.1, -0.05) is 95.0 Å². The van der Waals surface area contributed by atoms with Crippen LogP contribution in [0.25, 0.3) is 0 Å². The number of benzene rings is 1. The molecule has 120 valence electrons. The van der Waals surface area contributed by atoms with E-state index < -0.39 is 0 Å². The molecule has 1 unspecified atom stereocenters. The van der Waals surface area contributed by atoms with Crippen LogP contribution in [0.15, 0.2) is 30.3 Å². The Morgan fingerprint density at radius 1 is 0.810 bits per heavy atom. The Labute approximate surface area is 138 Å². The van der Waals surface area contributed by atoms with Crippen molar-refractivity contribution >= 4 is 12.6 Å². The molecule has 0 saturated heterocycles. The fourth-order valence-electron chi connectivity index (χ4n) is 2.95. The molecule has 0 aliphatic heterocycles. The third-order valence-electron chi connectivity index (χ3n) is 4.34. The summed E-state index contributed by atoms with van der Waals surface area (Å²) in [6.45, 7) is 2.29. The second kappa shape index (κ2) is 13.2. The highest BCUT2D eigenvalue weighted by Crippen LogP contribution is 2.18. The summed E-state index contributed by atoms with van der Waals surface area (Å²) in [5.74, 6) is 1.77. The van der Waals surface area contributed by atoms with Gasteiger partial charge in [0.05, 0.1) is 0 Å². The largest absolute Gasteiger partial charge is 0.179 e. The number of unbranched alkanes of at least 4 members (excludes halogenated alkanes) is 8. The second-order valence-electron chi connectivity index (χ2n) is 6.36. The van der Waals surface area contributed by atoms with E-state index in [1.165, 1.54) is 76.2 Å². The van der Waals surface area contributed by atoms with Crippen LogP contribution in [0.5, 0.6) is 0 Å². The lowest BCUT2D eigenvalue weighted by Crippen LogP contribution is -2.06. The summed E-state index contributed by atoms with van der Waals surface area (Å²) in [4.78, 5) is 0. The Hall–Kier alpha value is -0.430. The van der Waals surface area contributed by atoms with Crippen LogP contribution in [0.2, 0.25) is 0 Å². The summed E-state index contributed by atoms with van der Waals surface area (Å²) >= 11 is 4.54. The van der Waals surface area contributed by atoms with Crippen LogP contribution in [0, 0.1) is 5.92 Å². The quantitative estimate of drug-likeness (QED) is 0.304. The topological polar surface area (TPSA) is 0 Å². The zero-order valence-electron chi connectivity index (χ0n) is 13.9. The molecule has 0 bridgehead atoms. The summed E-state index contributed by atoms with van der Waals surface area (Å²) in [5.41, 5.74) is 1.47. The maximum atomic E-state index is 4.54. The predicted molar refractivity (Wildman–Crippen MR) is 99.3 cm³/mol. The molecule has 0 amide bonds. The first-order valence-electron chi connectivity index (χ1n) is 9.01. The predicted octanol–water partition coefficient (Wildman–Crippen LogP) is 6.70. The van der Waals surface area contributed by atoms with Gasteiger partial charge in [-0.05, 0) is 30.1 Å². The highest BCUT2D eigenvalue weighted by atomic mass is 32.1. The molecule has 0 aromatic heterocycles. The molecule has 0 heterocycles. The van der Waals surface area contributed by atoms with Gasteiger partial charge in [-0.25, -0.2) is 0 Å². The maximum Gasteiger partial charge on any atom is -0.00663 e. The van der Waals surface area contributed by atoms with Crippen LogP contribution in [0.1, 0.15) is 76.7 Å². The van der Waals surface area contributed by atoms with Gasteiger partial charge in [0.2, 0.25) is 0 Å². The van der Waals surface area contributed by atoms with Crippen LogP contribution in [0.3, 0.4) is 0 Å². The highest BCUT2D eigenvalue weighted by molar-refractivity contribution is 7.80. The second-order valence-corrected chi connectivity index (χ2v) is 6.72. The van der Waals surface area contributed by atoms with Gasteiger partial charge in [-0.2, -0.15) is 12.6 Å². The molecule has 0 radical (unpaired) electrons. The first-order chi connectivity index (χ1) is 10.4. The summed E-state index contributed by atoms with van der Waals surface area (Å²) < 4.78 is 0. The van der Waals surface area contributed by atoms with E-state index in [1.807, 2.05) is 0 Å². The van der Waals surface area contributed by atoms with Gasteiger partial charge in [-0.15, -0.1) is 0 Å². The van der Waals surface area contributed by atoms with Gasteiger partial charge in [0, 0.05) is 0 Å². The zero-order valence-corrected chi connectivity index (χ0v) is 14.8. The standard InChI is InChI=1S/C20H34S/c1-2-3-4-5-6-7-8-9-11-16-20(18-21)17-19-14-12-10-13-15-19/h10,12-15,20-21H,2-9,11,16-18H2,1H3. The molecule has 1 heteroatoms. The molecule has 0 saturated carbocycles. The number of hydrogen-bond donors (Lipinski definition) is 1. The van der Waals surface area contributed by atoms with E-state index in [0.29, 0.717) is 0 Å². The van der Waals surface area contributed by atoms with Gasteiger partial charge >= 0.3 is 0 Å². The van der Waals surface area contributed by atoms with E-state index in [9.17, 15) is 0 Å². The molecule has 0 spiro atoms. The van der Waals surface area contributed by atoms with Crippen molar-refractivity contribution in [1.29, 1.82) is 0 Å². The van der Waals surface area contributed by atoms with E-state index in [0.717, 1.165) is 11.7 Å². The summed E-state index contributed by atoms with van der Waals surface area (Å²) in [5, 5.41) is 0. The lowest BCUT2D eigenvalue weighted by molar-refractivity contribution is 0.484. The smallest absolute Gasteiger partial charge is 0.00663 e. The van der Waals surface area contributed by atoms with Gasteiger partial charge in [0.15, 0.2) is 0 Å². The van der Waals surface area contributed by atoms with E-state index in [4.69, 9.17) is 0 Å². The Morgan fingerprint density at radius 2 is 1.38 bits per heavy atom. The van der Waals surface area contributed by atoms with Crippen molar-refractivity contribution in [2.45, 2.75) is 77.6 Å². The van der Waals surface area contributed by atoms with Crippen molar-refractivity contribution in [3.8, 4) is 0 Å². The van der Waals surface area contributed by atoms with Crippen LogP contribution >= 0.6 is 12.6 Å². The molecular formula is C20H34S. The van der Waals surface area contributed by atoms with Crippen LogP contribution in [-0.4, -0.2) is 5.75 Å². The van der Waals surface area contributed by atoms with Crippen molar-refractivity contribution in [1.82, 2.24) is 0 Å². The van der Waals surface area contributed by atoms with Gasteiger partial charge in [0.1, 0.15) is 0 Å². The lowest BCUT2D eigenvalue weighted by atomic mass is 9.95. The van der Waals surface area contributed by atoms with E-state index in [1.54, 1.807) is 0 Å². The fourth-order valence-corrected chi connectivity index (χ4v) is 3.26.